The third kappa shape index (κ3) is 3.21. The summed E-state index contributed by atoms with van der Waals surface area (Å²) in [6, 6.07) is 5.85. The van der Waals surface area contributed by atoms with E-state index in [9.17, 15) is 4.79 Å². The summed E-state index contributed by atoms with van der Waals surface area (Å²) in [7, 11) is 0. The number of nitrogens with one attached hydrogen (secondary N) is 1. The van der Waals surface area contributed by atoms with Crippen LogP contribution in [0.25, 0.3) is 10.9 Å². The summed E-state index contributed by atoms with van der Waals surface area (Å²) in [5.74, 6) is 0.988. The second-order valence-electron chi connectivity index (χ2n) is 5.43. The normalized spacial score (nSPS) is 11.2. The largest absolute Gasteiger partial charge is 0.490 e. The Kier molecular flexibility index (Phi) is 4.83. The molecule has 0 aliphatic carbocycles. The molecule has 1 aromatic heterocycles. The molecule has 0 atom stereocenters. The van der Waals surface area contributed by atoms with E-state index in [1.54, 1.807) is 0 Å². The highest BCUT2D eigenvalue weighted by Gasteiger charge is 2.16. The fourth-order valence-corrected chi connectivity index (χ4v) is 2.39. The zero-order valence-electron chi connectivity index (χ0n) is 12.5. The van der Waals surface area contributed by atoms with E-state index < -0.39 is 0 Å². The highest BCUT2D eigenvalue weighted by atomic mass is 16.5. The van der Waals surface area contributed by atoms with Crippen molar-refractivity contribution in [1.29, 1.82) is 0 Å². The Morgan fingerprint density at radius 2 is 2.10 bits per heavy atom. The number of hydrogen-bond donors (Lipinski definition) is 1. The van der Waals surface area contributed by atoms with E-state index in [2.05, 4.69) is 11.9 Å². The molecule has 0 amide bonds. The highest BCUT2D eigenvalue weighted by Crippen LogP contribution is 2.30. The van der Waals surface area contributed by atoms with Crippen LogP contribution in [-0.4, -0.2) is 16.9 Å². The Hall–Kier alpha value is -1.77. The molecule has 0 bridgehead atoms. The Morgan fingerprint density at radius 1 is 1.30 bits per heavy atom. The van der Waals surface area contributed by atoms with Crippen molar-refractivity contribution in [3.8, 4) is 5.75 Å². The number of benzene rings is 1. The van der Waals surface area contributed by atoms with Gasteiger partial charge in [-0.1, -0.05) is 25.8 Å². The fourth-order valence-electron chi connectivity index (χ4n) is 2.39. The minimum Gasteiger partial charge on any atom is -0.490 e. The van der Waals surface area contributed by atoms with Gasteiger partial charge in [0.25, 0.3) is 0 Å². The molecule has 108 valence electrons. The van der Waals surface area contributed by atoms with Crippen LogP contribution in [0.3, 0.4) is 0 Å². The number of ketones is 1. The summed E-state index contributed by atoms with van der Waals surface area (Å²) in [4.78, 5) is 15.5. The highest BCUT2D eigenvalue weighted by molar-refractivity contribution is 6.09. The monoisotopic (exact) mass is 273 g/mol. The number of aromatic amines is 1. The van der Waals surface area contributed by atoms with E-state index >= 15 is 0 Å². The topological polar surface area (TPSA) is 42.1 Å². The van der Waals surface area contributed by atoms with E-state index in [-0.39, 0.29) is 11.9 Å². The lowest BCUT2D eigenvalue weighted by molar-refractivity contribution is 0.0980. The summed E-state index contributed by atoms with van der Waals surface area (Å²) >= 11 is 0. The third-order valence-electron chi connectivity index (χ3n) is 3.34. The standard InChI is InChI=1S/C17H23NO2/c1-4-5-6-9-15(19)13-11-18-14-8-7-10-16(17(13)14)20-12(2)3/h7-8,10-12,18H,4-6,9H2,1-3H3. The van der Waals surface area contributed by atoms with Gasteiger partial charge in [-0.2, -0.15) is 0 Å². The van der Waals surface area contributed by atoms with Gasteiger partial charge in [0.05, 0.1) is 11.5 Å². The number of unbranched alkanes of at least 4 members (excludes halogenated alkanes) is 2. The Morgan fingerprint density at radius 3 is 2.80 bits per heavy atom. The first-order valence-corrected chi connectivity index (χ1v) is 7.43. The minimum atomic E-state index is 0.0959. The van der Waals surface area contributed by atoms with Crippen LogP contribution in [0.15, 0.2) is 24.4 Å². The molecule has 3 nitrogen and oxygen atoms in total. The van der Waals surface area contributed by atoms with Crippen molar-refractivity contribution < 1.29 is 9.53 Å². The Bertz CT molecular complexity index is 584. The van der Waals surface area contributed by atoms with Crippen molar-refractivity contribution in [3.05, 3.63) is 30.0 Å². The fraction of sp³-hybridized carbons (Fsp3) is 0.471. The maximum atomic E-state index is 12.4. The number of H-pyrrole nitrogens is 1. The van der Waals surface area contributed by atoms with Crippen molar-refractivity contribution in [2.24, 2.45) is 0 Å². The Balaban J connectivity index is 2.31. The van der Waals surface area contributed by atoms with Gasteiger partial charge >= 0.3 is 0 Å². The lowest BCUT2D eigenvalue weighted by atomic mass is 10.0. The zero-order valence-corrected chi connectivity index (χ0v) is 12.5. The van der Waals surface area contributed by atoms with Crippen LogP contribution in [0.5, 0.6) is 5.75 Å². The maximum Gasteiger partial charge on any atom is 0.165 e. The second-order valence-corrected chi connectivity index (χ2v) is 5.43. The molecule has 0 aliphatic heterocycles. The van der Waals surface area contributed by atoms with Crippen LogP contribution in [-0.2, 0) is 0 Å². The van der Waals surface area contributed by atoms with Crippen molar-refractivity contribution >= 4 is 16.7 Å². The first-order chi connectivity index (χ1) is 9.63. The molecule has 0 fully saturated rings. The zero-order chi connectivity index (χ0) is 14.5. The number of hydrogen-bond acceptors (Lipinski definition) is 2. The molecule has 1 aromatic carbocycles. The Labute approximate surface area is 120 Å². The molecule has 0 radical (unpaired) electrons. The molecular weight excluding hydrogens is 250 g/mol. The first-order valence-electron chi connectivity index (χ1n) is 7.43. The van der Waals surface area contributed by atoms with E-state index in [0.29, 0.717) is 6.42 Å². The van der Waals surface area contributed by atoms with Gasteiger partial charge in [-0.15, -0.1) is 0 Å². The van der Waals surface area contributed by atoms with Crippen LogP contribution in [0.4, 0.5) is 0 Å². The van der Waals surface area contributed by atoms with Crippen molar-refractivity contribution in [1.82, 2.24) is 4.98 Å². The summed E-state index contributed by atoms with van der Waals surface area (Å²) in [5, 5.41) is 0.919. The first kappa shape index (κ1) is 14.6. The molecule has 1 N–H and O–H groups in total. The number of fused-ring (bicyclic) bond motifs is 1. The molecule has 2 aromatic rings. The van der Waals surface area contributed by atoms with E-state index in [1.165, 1.54) is 0 Å². The number of aromatic nitrogens is 1. The predicted molar refractivity (Wildman–Crippen MR) is 82.5 cm³/mol. The lowest BCUT2D eigenvalue weighted by Crippen LogP contribution is -2.06. The number of rotatable bonds is 7. The van der Waals surface area contributed by atoms with Gasteiger partial charge in [0.15, 0.2) is 5.78 Å². The van der Waals surface area contributed by atoms with Gasteiger partial charge in [0.2, 0.25) is 0 Å². The maximum absolute atomic E-state index is 12.4. The molecule has 2 rings (SSSR count). The van der Waals surface area contributed by atoms with Crippen molar-refractivity contribution in [3.63, 3.8) is 0 Å². The van der Waals surface area contributed by atoms with Gasteiger partial charge in [-0.05, 0) is 32.4 Å². The minimum absolute atomic E-state index is 0.0959. The van der Waals surface area contributed by atoms with Gasteiger partial charge < -0.3 is 9.72 Å². The smallest absolute Gasteiger partial charge is 0.165 e. The second kappa shape index (κ2) is 6.60. The van der Waals surface area contributed by atoms with Crippen LogP contribution in [0, 0.1) is 0 Å². The predicted octanol–water partition coefficient (Wildman–Crippen LogP) is 4.72. The lowest BCUT2D eigenvalue weighted by Gasteiger charge is -2.11. The van der Waals surface area contributed by atoms with E-state index in [0.717, 1.165) is 41.5 Å². The molecule has 0 saturated carbocycles. The summed E-state index contributed by atoms with van der Waals surface area (Å²) in [6.07, 6.45) is 5.70. The molecule has 0 saturated heterocycles. The number of ether oxygens (including phenoxy) is 1. The van der Waals surface area contributed by atoms with Crippen LogP contribution < -0.4 is 4.74 Å². The van der Waals surface area contributed by atoms with Crippen LogP contribution in [0.2, 0.25) is 0 Å². The van der Waals surface area contributed by atoms with Crippen LogP contribution in [0.1, 0.15) is 56.8 Å². The van der Waals surface area contributed by atoms with Crippen molar-refractivity contribution in [2.45, 2.75) is 52.6 Å². The summed E-state index contributed by atoms with van der Waals surface area (Å²) in [5.41, 5.74) is 1.72. The summed E-state index contributed by atoms with van der Waals surface area (Å²) < 4.78 is 5.83. The average molecular weight is 273 g/mol. The molecule has 1 heterocycles. The molecule has 0 unspecified atom stereocenters. The third-order valence-corrected chi connectivity index (χ3v) is 3.34. The quantitative estimate of drug-likeness (QED) is 0.586. The van der Waals surface area contributed by atoms with E-state index in [4.69, 9.17) is 4.74 Å². The van der Waals surface area contributed by atoms with Gasteiger partial charge in [0.1, 0.15) is 5.75 Å². The molecule has 3 heteroatoms. The van der Waals surface area contributed by atoms with E-state index in [1.807, 2.05) is 38.2 Å². The summed E-state index contributed by atoms with van der Waals surface area (Å²) in [6.45, 7) is 6.13. The SMILES string of the molecule is CCCCCC(=O)c1c[nH]c2cccc(OC(C)C)c12. The molecular formula is C17H23NO2. The van der Waals surface area contributed by atoms with Gasteiger partial charge in [0, 0.05) is 23.7 Å². The molecule has 0 spiro atoms. The number of Topliss-reactive ketones (excluding diaryl/α,β-unsaturated/α-hetero) is 1. The van der Waals surface area contributed by atoms with Crippen molar-refractivity contribution in [2.75, 3.05) is 0 Å². The van der Waals surface area contributed by atoms with Gasteiger partial charge in [-0.3, -0.25) is 4.79 Å². The van der Waals surface area contributed by atoms with Gasteiger partial charge in [-0.25, -0.2) is 0 Å². The molecule has 20 heavy (non-hydrogen) atoms. The average Bonchev–Trinajstić information content (AvgIpc) is 2.83. The number of carbonyl (C=O) groups is 1. The molecule has 0 aliphatic rings. The number of carbonyl (C=O) groups excluding carboxylic acids is 1. The van der Waals surface area contributed by atoms with Crippen LogP contribution >= 0.6 is 0 Å².